The van der Waals surface area contributed by atoms with Crippen molar-refractivity contribution in [3.8, 4) is 0 Å². The minimum Gasteiger partial charge on any atom is -0.388 e. The molecule has 90 valence electrons. The van der Waals surface area contributed by atoms with Crippen molar-refractivity contribution in [2.45, 2.75) is 31.3 Å². The predicted octanol–water partition coefficient (Wildman–Crippen LogP) is 1.42. The van der Waals surface area contributed by atoms with Crippen molar-refractivity contribution in [3.05, 3.63) is 29.8 Å². The molecule has 0 fully saturated rings. The molecule has 0 bridgehead atoms. The van der Waals surface area contributed by atoms with Gasteiger partial charge in [-0.15, -0.1) is 11.8 Å². The van der Waals surface area contributed by atoms with E-state index in [-0.39, 0.29) is 6.10 Å². The minimum atomic E-state index is -0.190. The highest BCUT2D eigenvalue weighted by Gasteiger charge is 1.98. The number of thioether (sulfide) groups is 1. The largest absolute Gasteiger partial charge is 0.388 e. The second-order valence-corrected chi connectivity index (χ2v) is 5.35. The Labute approximate surface area is 102 Å². The Balaban J connectivity index is 2.05. The second-order valence-electron chi connectivity index (χ2n) is 4.18. The zero-order chi connectivity index (χ0) is 11.8. The van der Waals surface area contributed by atoms with E-state index < -0.39 is 0 Å². The van der Waals surface area contributed by atoms with Gasteiger partial charge in [-0.05, 0) is 26.0 Å². The van der Waals surface area contributed by atoms with Crippen molar-refractivity contribution in [3.63, 3.8) is 0 Å². The van der Waals surface area contributed by atoms with Gasteiger partial charge in [-0.2, -0.15) is 0 Å². The number of aliphatic hydroxyl groups is 1. The van der Waals surface area contributed by atoms with E-state index in [4.69, 9.17) is 5.11 Å². The van der Waals surface area contributed by atoms with Crippen molar-refractivity contribution < 1.29 is 10.4 Å². The monoisotopic (exact) mass is 240 g/mol. The number of aryl methyl sites for hydroxylation is 1. The molecule has 1 aromatic rings. The molecule has 0 unspecified atom stereocenters. The SMILES string of the molecule is Cc1ccc(SCCC[NH2+]C[C@H](C)O)cc1. The van der Waals surface area contributed by atoms with Crippen LogP contribution >= 0.6 is 11.8 Å². The molecule has 1 rings (SSSR count). The van der Waals surface area contributed by atoms with Crippen LogP contribution in [0.1, 0.15) is 18.9 Å². The lowest BCUT2D eigenvalue weighted by Gasteiger charge is -2.04. The molecule has 0 radical (unpaired) electrons. The van der Waals surface area contributed by atoms with Crippen LogP contribution < -0.4 is 5.32 Å². The Hall–Kier alpha value is -0.510. The lowest BCUT2D eigenvalue weighted by Crippen LogP contribution is -2.86. The molecule has 0 aromatic heterocycles. The molecular formula is C13H22NOS+. The Morgan fingerprint density at radius 1 is 1.31 bits per heavy atom. The van der Waals surface area contributed by atoms with Crippen molar-refractivity contribution >= 4 is 11.8 Å². The van der Waals surface area contributed by atoms with E-state index in [2.05, 4.69) is 36.5 Å². The van der Waals surface area contributed by atoms with Gasteiger partial charge in [0.1, 0.15) is 6.54 Å². The summed E-state index contributed by atoms with van der Waals surface area (Å²) in [5, 5.41) is 11.3. The number of quaternary nitrogens is 1. The van der Waals surface area contributed by atoms with Gasteiger partial charge in [0, 0.05) is 17.1 Å². The summed E-state index contributed by atoms with van der Waals surface area (Å²) in [6, 6.07) is 8.67. The predicted molar refractivity (Wildman–Crippen MR) is 69.9 cm³/mol. The molecule has 0 heterocycles. The van der Waals surface area contributed by atoms with Crippen LogP contribution in [-0.2, 0) is 0 Å². The van der Waals surface area contributed by atoms with E-state index in [9.17, 15) is 0 Å². The Kier molecular flexibility index (Phi) is 6.53. The van der Waals surface area contributed by atoms with Gasteiger partial charge >= 0.3 is 0 Å². The molecule has 2 nitrogen and oxygen atoms in total. The van der Waals surface area contributed by atoms with Gasteiger partial charge in [0.25, 0.3) is 0 Å². The highest BCUT2D eigenvalue weighted by molar-refractivity contribution is 7.99. The molecule has 0 saturated carbocycles. The summed E-state index contributed by atoms with van der Waals surface area (Å²) in [4.78, 5) is 1.35. The molecule has 1 aromatic carbocycles. The van der Waals surface area contributed by atoms with Crippen LogP contribution in [0.15, 0.2) is 29.2 Å². The van der Waals surface area contributed by atoms with E-state index >= 15 is 0 Å². The van der Waals surface area contributed by atoms with Crippen LogP contribution in [0, 0.1) is 6.92 Å². The van der Waals surface area contributed by atoms with Crippen molar-refractivity contribution in [2.75, 3.05) is 18.8 Å². The fourth-order valence-corrected chi connectivity index (χ4v) is 2.29. The highest BCUT2D eigenvalue weighted by Crippen LogP contribution is 2.18. The van der Waals surface area contributed by atoms with Gasteiger partial charge in [0.05, 0.1) is 12.6 Å². The molecule has 0 aliphatic rings. The standard InChI is InChI=1S/C13H21NOS/c1-11-4-6-13(7-5-11)16-9-3-8-14-10-12(2)15/h4-7,12,14-15H,3,8-10H2,1-2H3/p+1/t12-/m0/s1. The quantitative estimate of drug-likeness (QED) is 0.559. The molecule has 0 saturated heterocycles. The smallest absolute Gasteiger partial charge is 0.102 e. The maximum absolute atomic E-state index is 9.08. The third-order valence-electron chi connectivity index (χ3n) is 2.35. The van der Waals surface area contributed by atoms with Gasteiger partial charge in [0.2, 0.25) is 0 Å². The van der Waals surface area contributed by atoms with Crippen LogP contribution in [0.4, 0.5) is 0 Å². The Bertz CT molecular complexity index is 284. The first-order valence-electron chi connectivity index (χ1n) is 5.87. The third kappa shape index (κ3) is 6.16. The molecular weight excluding hydrogens is 218 g/mol. The van der Waals surface area contributed by atoms with E-state index in [1.54, 1.807) is 0 Å². The van der Waals surface area contributed by atoms with Gasteiger partial charge in [-0.25, -0.2) is 0 Å². The van der Waals surface area contributed by atoms with Crippen LogP contribution in [0.25, 0.3) is 0 Å². The van der Waals surface area contributed by atoms with Crippen molar-refractivity contribution in [1.29, 1.82) is 0 Å². The Morgan fingerprint density at radius 3 is 2.62 bits per heavy atom. The lowest BCUT2D eigenvalue weighted by atomic mass is 10.2. The summed E-state index contributed by atoms with van der Waals surface area (Å²) >= 11 is 1.91. The summed E-state index contributed by atoms with van der Waals surface area (Å²) in [5.41, 5.74) is 1.31. The average Bonchev–Trinajstić information content (AvgIpc) is 2.25. The van der Waals surface area contributed by atoms with E-state index in [1.807, 2.05) is 18.7 Å². The summed E-state index contributed by atoms with van der Waals surface area (Å²) in [7, 11) is 0. The first-order valence-corrected chi connectivity index (χ1v) is 6.86. The van der Waals surface area contributed by atoms with Gasteiger partial charge < -0.3 is 10.4 Å². The zero-order valence-electron chi connectivity index (χ0n) is 10.1. The maximum Gasteiger partial charge on any atom is 0.102 e. The molecule has 0 aliphatic carbocycles. The van der Waals surface area contributed by atoms with E-state index in [0.717, 1.165) is 18.8 Å². The van der Waals surface area contributed by atoms with Crippen LogP contribution in [0.3, 0.4) is 0 Å². The Morgan fingerprint density at radius 2 is 2.00 bits per heavy atom. The second kappa shape index (κ2) is 7.71. The highest BCUT2D eigenvalue weighted by atomic mass is 32.2. The minimum absolute atomic E-state index is 0.190. The maximum atomic E-state index is 9.08. The van der Waals surface area contributed by atoms with Gasteiger partial charge in [-0.3, -0.25) is 0 Å². The van der Waals surface area contributed by atoms with E-state index in [0.29, 0.717) is 0 Å². The lowest BCUT2D eigenvalue weighted by molar-refractivity contribution is -0.660. The summed E-state index contributed by atoms with van der Waals surface area (Å²) in [6.07, 6.45) is 0.996. The molecule has 0 spiro atoms. The number of hydrogen-bond acceptors (Lipinski definition) is 2. The first kappa shape index (κ1) is 13.6. The third-order valence-corrected chi connectivity index (χ3v) is 3.45. The van der Waals surface area contributed by atoms with E-state index in [1.165, 1.54) is 16.9 Å². The van der Waals surface area contributed by atoms with Gasteiger partial charge in [0.15, 0.2) is 0 Å². The normalized spacial score (nSPS) is 12.7. The van der Waals surface area contributed by atoms with Crippen LogP contribution in [0.5, 0.6) is 0 Å². The number of rotatable bonds is 7. The summed E-state index contributed by atoms with van der Waals surface area (Å²) in [5.74, 6) is 1.15. The topological polar surface area (TPSA) is 36.8 Å². The fourth-order valence-electron chi connectivity index (χ4n) is 1.41. The number of nitrogens with two attached hydrogens (primary N) is 1. The number of benzene rings is 1. The molecule has 3 N–H and O–H groups in total. The molecule has 0 amide bonds. The summed E-state index contributed by atoms with van der Waals surface area (Å²) < 4.78 is 0. The van der Waals surface area contributed by atoms with Crippen molar-refractivity contribution in [2.24, 2.45) is 0 Å². The van der Waals surface area contributed by atoms with Crippen molar-refractivity contribution in [1.82, 2.24) is 0 Å². The molecule has 16 heavy (non-hydrogen) atoms. The first-order chi connectivity index (χ1) is 7.68. The summed E-state index contributed by atoms with van der Waals surface area (Å²) in [6.45, 7) is 5.86. The van der Waals surface area contributed by atoms with Crippen LogP contribution in [0.2, 0.25) is 0 Å². The van der Waals surface area contributed by atoms with Crippen LogP contribution in [-0.4, -0.2) is 30.1 Å². The zero-order valence-corrected chi connectivity index (χ0v) is 11.0. The number of hydrogen-bond donors (Lipinski definition) is 2. The molecule has 3 heteroatoms. The average molecular weight is 240 g/mol. The number of aliphatic hydroxyl groups excluding tert-OH is 1. The molecule has 0 aliphatic heterocycles. The molecule has 1 atom stereocenters. The fraction of sp³-hybridized carbons (Fsp3) is 0.538. The van der Waals surface area contributed by atoms with Gasteiger partial charge in [-0.1, -0.05) is 17.7 Å².